The molecule has 0 aromatic heterocycles. The third kappa shape index (κ3) is 4.21. The van der Waals surface area contributed by atoms with Crippen LogP contribution in [0.4, 0.5) is 0 Å². The monoisotopic (exact) mass is 343 g/mol. The molecular weight excluding hydrogens is 330 g/mol. The van der Waals surface area contributed by atoms with E-state index in [4.69, 9.17) is 11.6 Å². The first-order valence-corrected chi connectivity index (χ1v) is 8.35. The molecule has 0 bridgehead atoms. The summed E-state index contributed by atoms with van der Waals surface area (Å²) in [4.78, 5) is 12.0. The molecule has 0 saturated carbocycles. The largest absolute Gasteiger partial charge is 0.303 e. The van der Waals surface area contributed by atoms with Crippen LogP contribution in [0.1, 0.15) is 11.1 Å². The molecule has 1 amide bonds. The Morgan fingerprint density at radius 3 is 2.65 bits per heavy atom. The Kier molecular flexibility index (Phi) is 5.10. The second-order valence-corrected chi connectivity index (χ2v) is 6.56. The highest BCUT2D eigenvalue weighted by molar-refractivity contribution is 8.15. The molecule has 3 rings (SSSR count). The number of amides is 1. The van der Waals surface area contributed by atoms with Gasteiger partial charge in [0.25, 0.3) is 0 Å². The van der Waals surface area contributed by atoms with Gasteiger partial charge in [0.2, 0.25) is 5.91 Å². The van der Waals surface area contributed by atoms with Gasteiger partial charge in [0, 0.05) is 10.6 Å². The van der Waals surface area contributed by atoms with Crippen molar-refractivity contribution in [2.45, 2.75) is 11.7 Å². The smallest absolute Gasteiger partial charge is 0.239 e. The van der Waals surface area contributed by atoms with E-state index < -0.39 is 0 Å². The Balaban J connectivity index is 1.64. The van der Waals surface area contributed by atoms with Crippen molar-refractivity contribution in [3.05, 3.63) is 70.7 Å². The molecule has 0 aliphatic carbocycles. The van der Waals surface area contributed by atoms with Crippen LogP contribution in [0.15, 0.2) is 64.8 Å². The highest BCUT2D eigenvalue weighted by Gasteiger charge is 2.30. The minimum Gasteiger partial charge on any atom is -0.303 e. The molecule has 6 heteroatoms. The van der Waals surface area contributed by atoms with Crippen LogP contribution in [0.5, 0.6) is 0 Å². The summed E-state index contributed by atoms with van der Waals surface area (Å²) < 4.78 is 0. The highest BCUT2D eigenvalue weighted by Crippen LogP contribution is 2.23. The molecule has 1 aliphatic rings. The molecular formula is C17H14ClN3OS. The van der Waals surface area contributed by atoms with Crippen molar-refractivity contribution < 1.29 is 4.79 Å². The van der Waals surface area contributed by atoms with E-state index >= 15 is 0 Å². The lowest BCUT2D eigenvalue weighted by Crippen LogP contribution is -2.25. The molecule has 1 heterocycles. The number of carbonyl (C=O) groups excluding carboxylic acids is 1. The summed E-state index contributed by atoms with van der Waals surface area (Å²) in [5, 5.41) is 11.8. The second-order valence-electron chi connectivity index (χ2n) is 4.96. The highest BCUT2D eigenvalue weighted by atomic mass is 35.5. The number of halogens is 1. The molecule has 0 unspecified atom stereocenters. The lowest BCUT2D eigenvalue weighted by atomic mass is 10.1. The van der Waals surface area contributed by atoms with E-state index in [9.17, 15) is 4.79 Å². The van der Waals surface area contributed by atoms with Gasteiger partial charge in [0.05, 0.1) is 11.5 Å². The Morgan fingerprint density at radius 2 is 1.87 bits per heavy atom. The van der Waals surface area contributed by atoms with E-state index in [1.54, 1.807) is 12.3 Å². The summed E-state index contributed by atoms with van der Waals surface area (Å²) in [6.45, 7) is 0. The minimum absolute atomic E-state index is 0.0365. The number of nitrogens with zero attached hydrogens (tertiary/aromatic N) is 2. The van der Waals surface area contributed by atoms with Crippen LogP contribution >= 0.6 is 23.4 Å². The standard InChI is InChI=1S/C17H14ClN3OS/c18-14-9-5-4-8-13(14)11-19-21-17-20-16(22)15(23-17)10-12-6-2-1-3-7-12/h1-9,11,15H,10H2,(H,20,21,22)/t15-/m1/s1. The number of nitrogens with one attached hydrogen (secondary N) is 1. The molecule has 23 heavy (non-hydrogen) atoms. The van der Waals surface area contributed by atoms with Crippen LogP contribution in [0, 0.1) is 0 Å². The molecule has 1 aliphatic heterocycles. The van der Waals surface area contributed by atoms with Crippen LogP contribution in [-0.4, -0.2) is 22.5 Å². The van der Waals surface area contributed by atoms with Gasteiger partial charge in [-0.25, -0.2) is 0 Å². The summed E-state index contributed by atoms with van der Waals surface area (Å²) in [7, 11) is 0. The Bertz CT molecular complexity index is 761. The zero-order valence-corrected chi connectivity index (χ0v) is 13.7. The van der Waals surface area contributed by atoms with Gasteiger partial charge in [-0.2, -0.15) is 5.10 Å². The lowest BCUT2D eigenvalue weighted by Gasteiger charge is -2.04. The Hall–Kier alpha value is -2.11. The Labute approximate surface area is 143 Å². The van der Waals surface area contributed by atoms with Crippen molar-refractivity contribution in [1.29, 1.82) is 0 Å². The number of rotatable bonds is 4. The van der Waals surface area contributed by atoms with Gasteiger partial charge in [-0.05, 0) is 18.1 Å². The fourth-order valence-electron chi connectivity index (χ4n) is 2.14. The maximum Gasteiger partial charge on any atom is 0.239 e. The molecule has 1 fully saturated rings. The first-order chi connectivity index (χ1) is 11.2. The maximum absolute atomic E-state index is 12.0. The fraction of sp³-hybridized carbons (Fsp3) is 0.118. The number of benzene rings is 2. The van der Waals surface area contributed by atoms with Crippen LogP contribution in [-0.2, 0) is 11.2 Å². The van der Waals surface area contributed by atoms with Crippen molar-refractivity contribution in [1.82, 2.24) is 5.32 Å². The summed E-state index contributed by atoms with van der Waals surface area (Å²) >= 11 is 7.44. The number of carbonyl (C=O) groups is 1. The number of thioether (sulfide) groups is 1. The van der Waals surface area contributed by atoms with Crippen LogP contribution in [0.25, 0.3) is 0 Å². The van der Waals surface area contributed by atoms with Gasteiger partial charge < -0.3 is 5.32 Å². The van der Waals surface area contributed by atoms with Crippen molar-refractivity contribution in [2.75, 3.05) is 0 Å². The maximum atomic E-state index is 12.0. The van der Waals surface area contributed by atoms with E-state index in [1.807, 2.05) is 48.5 Å². The lowest BCUT2D eigenvalue weighted by molar-refractivity contribution is -0.118. The fourth-order valence-corrected chi connectivity index (χ4v) is 3.29. The van der Waals surface area contributed by atoms with E-state index in [1.165, 1.54) is 11.8 Å². The number of amidine groups is 1. The Morgan fingerprint density at radius 1 is 1.13 bits per heavy atom. The van der Waals surface area contributed by atoms with Gasteiger partial charge in [-0.15, -0.1) is 5.10 Å². The third-order valence-electron chi connectivity index (χ3n) is 3.29. The number of hydrogen-bond donors (Lipinski definition) is 1. The zero-order valence-electron chi connectivity index (χ0n) is 12.1. The predicted octanol–water partition coefficient (Wildman–Crippen LogP) is 3.50. The first-order valence-electron chi connectivity index (χ1n) is 7.09. The molecule has 116 valence electrons. The minimum atomic E-state index is -0.174. The summed E-state index contributed by atoms with van der Waals surface area (Å²) in [6, 6.07) is 17.3. The molecule has 1 atom stereocenters. The predicted molar refractivity (Wildman–Crippen MR) is 96.1 cm³/mol. The van der Waals surface area contributed by atoms with Crippen LogP contribution in [0.3, 0.4) is 0 Å². The van der Waals surface area contributed by atoms with Crippen molar-refractivity contribution in [2.24, 2.45) is 10.2 Å². The van der Waals surface area contributed by atoms with E-state index in [0.29, 0.717) is 16.6 Å². The van der Waals surface area contributed by atoms with E-state index in [-0.39, 0.29) is 11.2 Å². The first kappa shape index (κ1) is 15.8. The van der Waals surface area contributed by atoms with Crippen LogP contribution < -0.4 is 5.32 Å². The SMILES string of the molecule is O=C1N/C(=N\N=Cc2ccccc2Cl)S[C@@H]1Cc1ccccc1. The third-order valence-corrected chi connectivity index (χ3v) is 4.71. The van der Waals surface area contributed by atoms with Gasteiger partial charge in [-0.3, -0.25) is 4.79 Å². The molecule has 1 N–H and O–H groups in total. The number of hydrogen-bond acceptors (Lipinski definition) is 4. The molecule has 0 radical (unpaired) electrons. The van der Waals surface area contributed by atoms with E-state index in [0.717, 1.165) is 11.1 Å². The van der Waals surface area contributed by atoms with Crippen molar-refractivity contribution in [3.63, 3.8) is 0 Å². The zero-order chi connectivity index (χ0) is 16.1. The van der Waals surface area contributed by atoms with Gasteiger partial charge in [0.15, 0.2) is 5.17 Å². The average molecular weight is 344 g/mol. The molecule has 0 spiro atoms. The summed E-state index contributed by atoms with van der Waals surface area (Å²) in [6.07, 6.45) is 2.25. The second kappa shape index (κ2) is 7.44. The summed E-state index contributed by atoms with van der Waals surface area (Å²) in [5.74, 6) is -0.0365. The topological polar surface area (TPSA) is 53.8 Å². The quantitative estimate of drug-likeness (QED) is 0.682. The van der Waals surface area contributed by atoms with Gasteiger partial charge in [-0.1, -0.05) is 71.9 Å². The normalized spacial score (nSPS) is 19.4. The van der Waals surface area contributed by atoms with Crippen LogP contribution in [0.2, 0.25) is 5.02 Å². The van der Waals surface area contributed by atoms with Gasteiger partial charge in [0.1, 0.15) is 0 Å². The van der Waals surface area contributed by atoms with Crippen molar-refractivity contribution >= 4 is 40.7 Å². The van der Waals surface area contributed by atoms with Crippen molar-refractivity contribution in [3.8, 4) is 0 Å². The average Bonchev–Trinajstić information content (AvgIpc) is 2.90. The molecule has 1 saturated heterocycles. The summed E-state index contributed by atoms with van der Waals surface area (Å²) in [5.41, 5.74) is 1.91. The molecule has 2 aromatic carbocycles. The molecule has 4 nitrogen and oxygen atoms in total. The van der Waals surface area contributed by atoms with Gasteiger partial charge >= 0.3 is 0 Å². The van der Waals surface area contributed by atoms with E-state index in [2.05, 4.69) is 15.5 Å². The molecule has 2 aromatic rings.